The molecule has 1 aliphatic rings. The number of piperidine rings is 1. The van der Waals surface area contributed by atoms with Crippen molar-refractivity contribution in [3.05, 3.63) is 29.8 Å². The lowest BCUT2D eigenvalue weighted by Gasteiger charge is -2.29. The molecule has 0 saturated carbocycles. The molecule has 0 N–H and O–H groups in total. The van der Waals surface area contributed by atoms with E-state index in [2.05, 4.69) is 0 Å². The van der Waals surface area contributed by atoms with E-state index < -0.39 is 10.0 Å². The Morgan fingerprint density at radius 2 is 1.83 bits per heavy atom. The molecule has 0 radical (unpaired) electrons. The van der Waals surface area contributed by atoms with E-state index in [1.807, 2.05) is 6.92 Å². The van der Waals surface area contributed by atoms with Gasteiger partial charge in [0.25, 0.3) is 0 Å². The highest BCUT2D eigenvalue weighted by Gasteiger charge is 2.32. The Labute approximate surface area is 108 Å². The number of hydrogen-bond acceptors (Lipinski definition) is 3. The largest absolute Gasteiger partial charge is 0.299 e. The van der Waals surface area contributed by atoms with Gasteiger partial charge in [0.05, 0.1) is 4.90 Å². The van der Waals surface area contributed by atoms with E-state index in [1.165, 1.54) is 4.31 Å². The SMILES string of the molecule is Cc1ccc(S(=O)(=O)N2CCC(=O)C(C)C2)cc1. The van der Waals surface area contributed by atoms with Crippen molar-refractivity contribution in [2.75, 3.05) is 13.1 Å². The van der Waals surface area contributed by atoms with Gasteiger partial charge in [-0.25, -0.2) is 8.42 Å². The zero-order valence-corrected chi connectivity index (χ0v) is 11.4. The van der Waals surface area contributed by atoms with Crippen molar-refractivity contribution in [1.29, 1.82) is 0 Å². The Bertz CT molecular complexity index is 548. The number of hydrogen-bond donors (Lipinski definition) is 0. The summed E-state index contributed by atoms with van der Waals surface area (Å²) in [7, 11) is -3.45. The molecule has 1 fully saturated rings. The quantitative estimate of drug-likeness (QED) is 0.817. The Kier molecular flexibility index (Phi) is 3.54. The minimum absolute atomic E-state index is 0.144. The van der Waals surface area contributed by atoms with Crippen LogP contribution < -0.4 is 0 Å². The zero-order chi connectivity index (χ0) is 13.3. The van der Waals surface area contributed by atoms with Gasteiger partial charge >= 0.3 is 0 Å². The van der Waals surface area contributed by atoms with Crippen LogP contribution in [0.5, 0.6) is 0 Å². The average molecular weight is 267 g/mol. The van der Waals surface area contributed by atoms with Gasteiger partial charge in [-0.05, 0) is 19.1 Å². The van der Waals surface area contributed by atoms with Crippen molar-refractivity contribution < 1.29 is 13.2 Å². The zero-order valence-electron chi connectivity index (χ0n) is 10.6. The predicted octanol–water partition coefficient (Wildman–Crippen LogP) is 1.59. The summed E-state index contributed by atoms with van der Waals surface area (Å²) in [5.74, 6) is -0.0654. The van der Waals surface area contributed by atoms with Crippen molar-refractivity contribution >= 4 is 15.8 Å². The molecule has 98 valence electrons. The maximum atomic E-state index is 12.4. The van der Waals surface area contributed by atoms with Gasteiger partial charge in [0.1, 0.15) is 5.78 Å². The molecule has 1 aromatic carbocycles. The monoisotopic (exact) mass is 267 g/mol. The first-order valence-corrected chi connectivity index (χ1v) is 7.45. The maximum absolute atomic E-state index is 12.4. The molecular formula is C13H17NO3S. The number of carbonyl (C=O) groups is 1. The van der Waals surface area contributed by atoms with Crippen LogP contribution in [0.25, 0.3) is 0 Å². The number of benzene rings is 1. The smallest absolute Gasteiger partial charge is 0.243 e. The van der Waals surface area contributed by atoms with Crippen LogP contribution in [0, 0.1) is 12.8 Å². The Morgan fingerprint density at radius 3 is 2.39 bits per heavy atom. The van der Waals surface area contributed by atoms with E-state index in [-0.39, 0.29) is 18.2 Å². The molecule has 1 atom stereocenters. The summed E-state index contributed by atoms with van der Waals surface area (Å²) < 4.78 is 26.1. The second kappa shape index (κ2) is 4.82. The number of nitrogens with zero attached hydrogens (tertiary/aromatic N) is 1. The molecule has 1 unspecified atom stereocenters. The summed E-state index contributed by atoms with van der Waals surface area (Å²) in [6.45, 7) is 4.27. The summed E-state index contributed by atoms with van der Waals surface area (Å²) in [5, 5.41) is 0. The molecule has 0 bridgehead atoms. The second-order valence-electron chi connectivity index (χ2n) is 4.79. The van der Waals surface area contributed by atoms with Crippen LogP contribution in [0.4, 0.5) is 0 Å². The highest BCUT2D eigenvalue weighted by Crippen LogP contribution is 2.21. The van der Waals surface area contributed by atoms with E-state index in [0.717, 1.165) is 5.56 Å². The molecule has 18 heavy (non-hydrogen) atoms. The van der Waals surface area contributed by atoms with Crippen molar-refractivity contribution in [2.24, 2.45) is 5.92 Å². The molecule has 0 aromatic heterocycles. The molecule has 4 nitrogen and oxygen atoms in total. The van der Waals surface area contributed by atoms with Crippen LogP contribution in [-0.2, 0) is 14.8 Å². The molecule has 0 spiro atoms. The van der Waals surface area contributed by atoms with E-state index in [0.29, 0.717) is 17.9 Å². The van der Waals surface area contributed by atoms with E-state index >= 15 is 0 Å². The van der Waals surface area contributed by atoms with Gasteiger partial charge in [-0.3, -0.25) is 4.79 Å². The predicted molar refractivity (Wildman–Crippen MR) is 68.7 cm³/mol. The van der Waals surface area contributed by atoms with Gasteiger partial charge in [0, 0.05) is 25.4 Å². The number of sulfonamides is 1. The molecule has 1 aliphatic heterocycles. The van der Waals surface area contributed by atoms with Gasteiger partial charge in [-0.15, -0.1) is 0 Å². The molecule has 5 heteroatoms. The number of rotatable bonds is 2. The van der Waals surface area contributed by atoms with Crippen LogP contribution in [0.2, 0.25) is 0 Å². The first-order chi connectivity index (χ1) is 8.41. The minimum Gasteiger partial charge on any atom is -0.299 e. The number of ketones is 1. The minimum atomic E-state index is -3.45. The Morgan fingerprint density at radius 1 is 1.22 bits per heavy atom. The van der Waals surface area contributed by atoms with Gasteiger partial charge in [-0.2, -0.15) is 4.31 Å². The summed E-state index contributed by atoms with van der Waals surface area (Å²) in [5.41, 5.74) is 1.02. The lowest BCUT2D eigenvalue weighted by atomic mass is 10.0. The first-order valence-electron chi connectivity index (χ1n) is 6.01. The fourth-order valence-corrected chi connectivity index (χ4v) is 3.59. The summed E-state index contributed by atoms with van der Waals surface area (Å²) in [6.07, 6.45) is 0.312. The standard InChI is InChI=1S/C13H17NO3S/c1-10-3-5-12(6-4-10)18(16,17)14-8-7-13(15)11(2)9-14/h3-6,11H,7-9H2,1-2H3. The van der Waals surface area contributed by atoms with Gasteiger partial charge in [0.15, 0.2) is 0 Å². The van der Waals surface area contributed by atoms with Gasteiger partial charge in [-0.1, -0.05) is 24.6 Å². The molecule has 1 aromatic rings. The Hall–Kier alpha value is -1.20. The third-order valence-corrected chi connectivity index (χ3v) is 5.17. The van der Waals surface area contributed by atoms with Crippen LogP contribution >= 0.6 is 0 Å². The summed E-state index contributed by atoms with van der Waals surface area (Å²) in [6, 6.07) is 6.80. The fraction of sp³-hybridized carbons (Fsp3) is 0.462. The maximum Gasteiger partial charge on any atom is 0.243 e. The Balaban J connectivity index is 2.26. The third kappa shape index (κ3) is 2.47. The van der Waals surface area contributed by atoms with Crippen LogP contribution in [0.15, 0.2) is 29.2 Å². The lowest BCUT2D eigenvalue weighted by molar-refractivity contribution is -0.124. The number of carbonyl (C=O) groups excluding carboxylic acids is 1. The molecule has 1 saturated heterocycles. The fourth-order valence-electron chi connectivity index (χ4n) is 2.06. The van der Waals surface area contributed by atoms with Crippen molar-refractivity contribution in [3.63, 3.8) is 0 Å². The summed E-state index contributed by atoms with van der Waals surface area (Å²) >= 11 is 0. The van der Waals surface area contributed by atoms with Crippen LogP contribution in [0.3, 0.4) is 0 Å². The normalized spacial score (nSPS) is 22.1. The third-order valence-electron chi connectivity index (χ3n) is 3.29. The van der Waals surface area contributed by atoms with Crippen molar-refractivity contribution in [2.45, 2.75) is 25.2 Å². The van der Waals surface area contributed by atoms with Gasteiger partial charge in [0.2, 0.25) is 10.0 Å². The number of aryl methyl sites for hydroxylation is 1. The van der Waals surface area contributed by atoms with Crippen molar-refractivity contribution in [3.8, 4) is 0 Å². The highest BCUT2D eigenvalue weighted by molar-refractivity contribution is 7.89. The summed E-state index contributed by atoms with van der Waals surface area (Å²) in [4.78, 5) is 11.7. The molecular weight excluding hydrogens is 250 g/mol. The second-order valence-corrected chi connectivity index (χ2v) is 6.73. The van der Waals surface area contributed by atoms with Crippen LogP contribution in [0.1, 0.15) is 18.9 Å². The molecule has 0 amide bonds. The highest BCUT2D eigenvalue weighted by atomic mass is 32.2. The topological polar surface area (TPSA) is 54.5 Å². The number of Topliss-reactive ketones (excluding diaryl/α,β-unsaturated/α-hetero) is 1. The molecule has 1 heterocycles. The average Bonchev–Trinajstić information content (AvgIpc) is 2.33. The van der Waals surface area contributed by atoms with E-state index in [1.54, 1.807) is 31.2 Å². The van der Waals surface area contributed by atoms with E-state index in [9.17, 15) is 13.2 Å². The van der Waals surface area contributed by atoms with Gasteiger partial charge < -0.3 is 0 Å². The van der Waals surface area contributed by atoms with Crippen molar-refractivity contribution in [1.82, 2.24) is 4.31 Å². The molecule has 2 rings (SSSR count). The lowest BCUT2D eigenvalue weighted by Crippen LogP contribution is -2.43. The molecule has 0 aliphatic carbocycles. The first kappa shape index (κ1) is 13.2. The van der Waals surface area contributed by atoms with Crippen LogP contribution in [-0.4, -0.2) is 31.6 Å². The van der Waals surface area contributed by atoms with E-state index in [4.69, 9.17) is 0 Å².